The van der Waals surface area contributed by atoms with Gasteiger partial charge in [-0.25, -0.2) is 4.98 Å². The van der Waals surface area contributed by atoms with Crippen molar-refractivity contribution in [3.8, 4) is 33.9 Å². The van der Waals surface area contributed by atoms with E-state index in [0.29, 0.717) is 5.82 Å². The number of H-pyrrole nitrogens is 2. The number of hydrogen-bond acceptors (Lipinski definition) is 6. The lowest BCUT2D eigenvalue weighted by Gasteiger charge is -2.02. The molecule has 6 heterocycles. The third-order valence-corrected chi connectivity index (χ3v) is 5.75. The van der Waals surface area contributed by atoms with Crippen LogP contribution in [-0.2, 0) is 0 Å². The summed E-state index contributed by atoms with van der Waals surface area (Å²) in [6.07, 6.45) is 9.09. The lowest BCUT2D eigenvalue weighted by Crippen LogP contribution is -1.87. The molecule has 6 rings (SSSR count). The Morgan fingerprint density at radius 1 is 0.933 bits per heavy atom. The molecule has 0 aliphatic heterocycles. The molecule has 6 aromatic rings. The highest BCUT2D eigenvalue weighted by Crippen LogP contribution is 2.32. The Labute approximate surface area is 174 Å². The summed E-state index contributed by atoms with van der Waals surface area (Å²) in [5, 5.41) is 12.7. The summed E-state index contributed by atoms with van der Waals surface area (Å²) < 4.78 is 0. The topological polar surface area (TPSA) is 96.0 Å². The van der Waals surface area contributed by atoms with Gasteiger partial charge in [0.1, 0.15) is 11.2 Å². The summed E-state index contributed by atoms with van der Waals surface area (Å²) in [6, 6.07) is 6.17. The third-order valence-electron chi connectivity index (χ3n) is 5.07. The minimum atomic E-state index is 0.695. The monoisotopic (exact) mass is 409 g/mol. The van der Waals surface area contributed by atoms with Gasteiger partial charge in [-0.05, 0) is 47.0 Å². The van der Waals surface area contributed by atoms with Gasteiger partial charge in [0.2, 0.25) is 0 Å². The van der Waals surface area contributed by atoms with Crippen LogP contribution in [0.4, 0.5) is 0 Å². The quantitative estimate of drug-likeness (QED) is 0.429. The SMILES string of the molecule is Cc1cncc(-c2cc3c(-c4nc5c(-c6ccsc6)cncc5[nH]4)n[nH]c3cn2)c1. The number of nitrogens with zero attached hydrogens (tertiary/aromatic N) is 5. The largest absolute Gasteiger partial charge is 0.335 e. The number of hydrogen-bond donors (Lipinski definition) is 2. The number of aromatic amines is 2. The number of pyridine rings is 3. The Balaban J connectivity index is 1.52. The summed E-state index contributed by atoms with van der Waals surface area (Å²) in [4.78, 5) is 21.5. The first-order valence-corrected chi connectivity index (χ1v) is 10.3. The average molecular weight is 409 g/mol. The molecule has 0 saturated carbocycles. The van der Waals surface area contributed by atoms with E-state index in [9.17, 15) is 0 Å². The maximum atomic E-state index is 4.87. The molecule has 0 unspecified atom stereocenters. The van der Waals surface area contributed by atoms with Gasteiger partial charge in [-0.2, -0.15) is 16.4 Å². The minimum absolute atomic E-state index is 0.695. The molecule has 6 aromatic heterocycles. The van der Waals surface area contributed by atoms with Gasteiger partial charge in [-0.1, -0.05) is 0 Å². The Morgan fingerprint density at radius 2 is 1.87 bits per heavy atom. The zero-order valence-electron chi connectivity index (χ0n) is 15.9. The van der Waals surface area contributed by atoms with Gasteiger partial charge in [0, 0.05) is 35.1 Å². The van der Waals surface area contributed by atoms with Crippen LogP contribution in [0.15, 0.2) is 59.9 Å². The summed E-state index contributed by atoms with van der Waals surface area (Å²) in [5.41, 5.74) is 8.38. The van der Waals surface area contributed by atoms with E-state index < -0.39 is 0 Å². The molecule has 0 spiro atoms. The van der Waals surface area contributed by atoms with E-state index in [0.717, 1.165) is 55.6 Å². The minimum Gasteiger partial charge on any atom is -0.335 e. The highest BCUT2D eigenvalue weighted by atomic mass is 32.1. The van der Waals surface area contributed by atoms with Crippen LogP contribution >= 0.6 is 11.3 Å². The second-order valence-corrected chi connectivity index (χ2v) is 7.90. The van der Waals surface area contributed by atoms with Gasteiger partial charge in [-0.15, -0.1) is 0 Å². The summed E-state index contributed by atoms with van der Waals surface area (Å²) in [7, 11) is 0. The molecule has 30 heavy (non-hydrogen) atoms. The van der Waals surface area contributed by atoms with Crippen molar-refractivity contribution < 1.29 is 0 Å². The summed E-state index contributed by atoms with van der Waals surface area (Å²) >= 11 is 1.65. The first kappa shape index (κ1) is 17.0. The second kappa shape index (κ2) is 6.57. The van der Waals surface area contributed by atoms with Crippen LogP contribution in [0.5, 0.6) is 0 Å². The lowest BCUT2D eigenvalue weighted by atomic mass is 10.1. The van der Waals surface area contributed by atoms with Gasteiger partial charge >= 0.3 is 0 Å². The molecule has 0 aliphatic carbocycles. The van der Waals surface area contributed by atoms with E-state index in [-0.39, 0.29) is 0 Å². The Hall–Kier alpha value is -3.91. The molecule has 0 radical (unpaired) electrons. The van der Waals surface area contributed by atoms with Gasteiger partial charge in [0.25, 0.3) is 0 Å². The lowest BCUT2D eigenvalue weighted by molar-refractivity contribution is 1.10. The maximum absolute atomic E-state index is 4.87. The van der Waals surface area contributed by atoms with E-state index in [1.54, 1.807) is 23.7 Å². The molecule has 0 bridgehead atoms. The first-order chi connectivity index (χ1) is 14.8. The van der Waals surface area contributed by atoms with E-state index in [1.807, 2.05) is 31.6 Å². The Bertz CT molecular complexity index is 1510. The number of nitrogens with one attached hydrogen (secondary N) is 2. The zero-order valence-corrected chi connectivity index (χ0v) is 16.7. The summed E-state index contributed by atoms with van der Waals surface area (Å²) in [5.74, 6) is 0.695. The van der Waals surface area contributed by atoms with Gasteiger partial charge < -0.3 is 4.98 Å². The van der Waals surface area contributed by atoms with Crippen molar-refractivity contribution in [1.29, 1.82) is 0 Å². The number of aryl methyl sites for hydroxylation is 1. The van der Waals surface area contributed by atoms with Crippen molar-refractivity contribution in [2.75, 3.05) is 0 Å². The third kappa shape index (κ3) is 2.69. The van der Waals surface area contributed by atoms with Gasteiger partial charge in [0.05, 0.1) is 29.1 Å². The molecule has 0 amide bonds. The van der Waals surface area contributed by atoms with Crippen LogP contribution in [0.3, 0.4) is 0 Å². The van der Waals surface area contributed by atoms with Gasteiger partial charge in [-0.3, -0.25) is 20.1 Å². The maximum Gasteiger partial charge on any atom is 0.159 e. The Kier molecular flexibility index (Phi) is 3.72. The molecule has 0 aliphatic rings. The fraction of sp³-hybridized carbons (Fsp3) is 0.0455. The van der Waals surface area contributed by atoms with Crippen molar-refractivity contribution in [3.05, 3.63) is 65.5 Å². The summed E-state index contributed by atoms with van der Waals surface area (Å²) in [6.45, 7) is 2.02. The molecule has 0 aromatic carbocycles. The molecule has 0 saturated heterocycles. The number of imidazole rings is 1. The van der Waals surface area contributed by atoms with Crippen molar-refractivity contribution >= 4 is 33.3 Å². The first-order valence-electron chi connectivity index (χ1n) is 9.39. The Morgan fingerprint density at radius 3 is 2.73 bits per heavy atom. The number of aromatic nitrogens is 7. The highest BCUT2D eigenvalue weighted by molar-refractivity contribution is 7.08. The molecule has 144 valence electrons. The zero-order chi connectivity index (χ0) is 20.1. The smallest absolute Gasteiger partial charge is 0.159 e. The van der Waals surface area contributed by atoms with E-state index in [4.69, 9.17) is 4.98 Å². The van der Waals surface area contributed by atoms with E-state index in [2.05, 4.69) is 53.0 Å². The van der Waals surface area contributed by atoms with Crippen molar-refractivity contribution in [1.82, 2.24) is 35.1 Å². The molecule has 2 N–H and O–H groups in total. The van der Waals surface area contributed by atoms with Crippen LogP contribution in [0.2, 0.25) is 0 Å². The standard InChI is InChI=1S/C22H15N7S/c1-12-4-14(7-23-6-12)17-5-15-18(10-25-17)28-29-21(15)22-26-19-9-24-8-16(20(19)27-22)13-2-3-30-11-13/h2-11H,1H3,(H,26,27)(H,28,29). The van der Waals surface area contributed by atoms with Crippen LogP contribution < -0.4 is 0 Å². The van der Waals surface area contributed by atoms with Crippen molar-refractivity contribution in [2.24, 2.45) is 0 Å². The van der Waals surface area contributed by atoms with Crippen molar-refractivity contribution in [2.45, 2.75) is 6.92 Å². The predicted molar refractivity (Wildman–Crippen MR) is 118 cm³/mol. The average Bonchev–Trinajstić information content (AvgIpc) is 3.51. The van der Waals surface area contributed by atoms with Crippen LogP contribution in [0.25, 0.3) is 55.8 Å². The van der Waals surface area contributed by atoms with Crippen LogP contribution in [0.1, 0.15) is 5.56 Å². The second-order valence-electron chi connectivity index (χ2n) is 7.12. The molecular formula is C22H15N7S. The predicted octanol–water partition coefficient (Wildman–Crippen LogP) is 5.00. The normalized spacial score (nSPS) is 11.5. The van der Waals surface area contributed by atoms with E-state index >= 15 is 0 Å². The molecule has 8 heteroatoms. The number of thiophene rings is 1. The fourth-order valence-electron chi connectivity index (χ4n) is 3.62. The molecular weight excluding hydrogens is 394 g/mol. The van der Waals surface area contributed by atoms with Crippen LogP contribution in [0, 0.1) is 6.92 Å². The van der Waals surface area contributed by atoms with Gasteiger partial charge in [0.15, 0.2) is 5.82 Å². The number of fused-ring (bicyclic) bond motifs is 2. The number of rotatable bonds is 3. The fourth-order valence-corrected chi connectivity index (χ4v) is 4.28. The van der Waals surface area contributed by atoms with Crippen LogP contribution in [-0.4, -0.2) is 35.1 Å². The van der Waals surface area contributed by atoms with E-state index in [1.165, 1.54) is 0 Å². The van der Waals surface area contributed by atoms with Crippen molar-refractivity contribution in [3.63, 3.8) is 0 Å². The molecule has 7 nitrogen and oxygen atoms in total. The highest BCUT2D eigenvalue weighted by Gasteiger charge is 2.16. The molecule has 0 atom stereocenters. The molecule has 0 fully saturated rings.